The van der Waals surface area contributed by atoms with Gasteiger partial charge in [0, 0.05) is 46.6 Å². The molecule has 1 unspecified atom stereocenters. The van der Waals surface area contributed by atoms with E-state index in [1.807, 2.05) is 78.9 Å². The average Bonchev–Trinajstić information content (AvgIpc) is 2.89. The van der Waals surface area contributed by atoms with Gasteiger partial charge in [0.25, 0.3) is 0 Å². The number of halogens is 2. The summed E-state index contributed by atoms with van der Waals surface area (Å²) in [6.45, 7) is 2.93. The highest BCUT2D eigenvalue weighted by atomic mass is 35.5. The fourth-order valence-electron chi connectivity index (χ4n) is 3.80. The van der Waals surface area contributed by atoms with Crippen LogP contribution >= 0.6 is 35.0 Å². The molecule has 3 aromatic rings. The third kappa shape index (κ3) is 8.88. The predicted octanol–water partition coefficient (Wildman–Crippen LogP) is 7.03. The summed E-state index contributed by atoms with van der Waals surface area (Å²) in [5, 5.41) is 4.30. The van der Waals surface area contributed by atoms with Crippen LogP contribution in [0.15, 0.2) is 83.8 Å². The molecule has 1 N–H and O–H groups in total. The Morgan fingerprint density at radius 2 is 1.64 bits per heavy atom. The molecule has 7 heteroatoms. The summed E-state index contributed by atoms with van der Waals surface area (Å²) in [6.07, 6.45) is 2.60. The first-order chi connectivity index (χ1) is 17.5. The monoisotopic (exact) mass is 542 g/mol. The molecule has 0 spiro atoms. The number of unbranched alkanes of at least 4 members (excludes halogenated alkanes) is 1. The maximum absolute atomic E-state index is 13.6. The van der Waals surface area contributed by atoms with Gasteiger partial charge in [-0.3, -0.25) is 9.59 Å². The highest BCUT2D eigenvalue weighted by Gasteiger charge is 2.30. The van der Waals surface area contributed by atoms with Gasteiger partial charge in [0.2, 0.25) is 11.8 Å². The molecular formula is C29H32Cl2N2O2S. The minimum Gasteiger partial charge on any atom is -0.354 e. The van der Waals surface area contributed by atoms with Gasteiger partial charge in [0.05, 0.1) is 0 Å². The van der Waals surface area contributed by atoms with E-state index in [2.05, 4.69) is 12.2 Å². The normalized spacial score (nSPS) is 11.6. The Morgan fingerprint density at radius 3 is 2.33 bits per heavy atom. The molecule has 2 amide bonds. The smallest absolute Gasteiger partial charge is 0.243 e. The van der Waals surface area contributed by atoms with E-state index < -0.39 is 6.04 Å². The van der Waals surface area contributed by atoms with E-state index in [9.17, 15) is 9.59 Å². The van der Waals surface area contributed by atoms with Crippen molar-refractivity contribution in [1.29, 1.82) is 0 Å². The minimum absolute atomic E-state index is 0.0806. The second-order valence-corrected chi connectivity index (χ2v) is 10.5. The number of thioether (sulfide) groups is 1. The van der Waals surface area contributed by atoms with Crippen molar-refractivity contribution in [1.82, 2.24) is 10.2 Å². The summed E-state index contributed by atoms with van der Waals surface area (Å²) in [5.74, 6) is 0.371. The van der Waals surface area contributed by atoms with Crippen LogP contribution in [-0.4, -0.2) is 35.1 Å². The van der Waals surface area contributed by atoms with Crippen molar-refractivity contribution in [2.24, 2.45) is 0 Å². The standard InChI is InChI=1S/C29H32Cl2N2O2S/c1-2-3-18-32-29(35)27(20-22-9-5-4-6-10-22)33(21-23-11-7-8-12-26(23)31)28(34)17-19-36-25-15-13-24(30)14-16-25/h4-16,27H,2-3,17-21H2,1H3,(H,32,35). The molecule has 0 aliphatic rings. The molecule has 0 saturated carbocycles. The molecular weight excluding hydrogens is 511 g/mol. The van der Waals surface area contributed by atoms with Crippen molar-refractivity contribution < 1.29 is 9.59 Å². The number of nitrogens with one attached hydrogen (secondary N) is 1. The fraction of sp³-hybridized carbons (Fsp3) is 0.310. The van der Waals surface area contributed by atoms with Gasteiger partial charge in [-0.2, -0.15) is 0 Å². The molecule has 0 aromatic heterocycles. The van der Waals surface area contributed by atoms with E-state index in [1.165, 1.54) is 0 Å². The van der Waals surface area contributed by atoms with E-state index in [1.54, 1.807) is 16.7 Å². The molecule has 190 valence electrons. The topological polar surface area (TPSA) is 49.4 Å². The highest BCUT2D eigenvalue weighted by Crippen LogP contribution is 2.24. The zero-order valence-corrected chi connectivity index (χ0v) is 22.8. The van der Waals surface area contributed by atoms with Crippen molar-refractivity contribution >= 4 is 46.8 Å². The molecule has 0 aliphatic heterocycles. The number of rotatable bonds is 13. The summed E-state index contributed by atoms with van der Waals surface area (Å²) in [6, 6.07) is 24.2. The van der Waals surface area contributed by atoms with E-state index >= 15 is 0 Å². The lowest BCUT2D eigenvalue weighted by Crippen LogP contribution is -2.50. The lowest BCUT2D eigenvalue weighted by molar-refractivity contribution is -0.141. The van der Waals surface area contributed by atoms with Crippen LogP contribution in [-0.2, 0) is 22.6 Å². The number of hydrogen-bond donors (Lipinski definition) is 1. The molecule has 3 aromatic carbocycles. The van der Waals surface area contributed by atoms with Crippen LogP contribution in [0.2, 0.25) is 10.0 Å². The number of amides is 2. The van der Waals surface area contributed by atoms with Crippen LogP contribution < -0.4 is 5.32 Å². The predicted molar refractivity (Wildman–Crippen MR) is 151 cm³/mol. The summed E-state index contributed by atoms with van der Waals surface area (Å²) < 4.78 is 0. The van der Waals surface area contributed by atoms with E-state index in [4.69, 9.17) is 23.2 Å². The maximum Gasteiger partial charge on any atom is 0.243 e. The molecule has 3 rings (SSSR count). The van der Waals surface area contributed by atoms with Crippen molar-refractivity contribution in [2.75, 3.05) is 12.3 Å². The number of carbonyl (C=O) groups excluding carboxylic acids is 2. The number of benzene rings is 3. The Labute approximate surface area is 228 Å². The van der Waals surface area contributed by atoms with E-state index in [0.29, 0.717) is 35.2 Å². The van der Waals surface area contributed by atoms with Crippen LogP contribution in [0.3, 0.4) is 0 Å². The van der Waals surface area contributed by atoms with E-state index in [-0.39, 0.29) is 18.4 Å². The maximum atomic E-state index is 13.6. The Bertz CT molecular complexity index is 1110. The van der Waals surface area contributed by atoms with Gasteiger partial charge in [-0.05, 0) is 47.9 Å². The summed E-state index contributed by atoms with van der Waals surface area (Å²) in [7, 11) is 0. The van der Waals surface area contributed by atoms with Crippen LogP contribution in [0.1, 0.15) is 37.3 Å². The third-order valence-electron chi connectivity index (χ3n) is 5.80. The first kappa shape index (κ1) is 28.1. The zero-order valence-electron chi connectivity index (χ0n) is 20.5. The fourth-order valence-corrected chi connectivity index (χ4v) is 4.96. The van der Waals surface area contributed by atoms with Crippen molar-refractivity contribution in [3.63, 3.8) is 0 Å². The summed E-state index contributed by atoms with van der Waals surface area (Å²) >= 11 is 14.0. The molecule has 1 atom stereocenters. The van der Waals surface area contributed by atoms with Crippen LogP contribution in [0.25, 0.3) is 0 Å². The quantitative estimate of drug-likeness (QED) is 0.186. The van der Waals surface area contributed by atoms with Crippen LogP contribution in [0, 0.1) is 0 Å². The van der Waals surface area contributed by atoms with Gasteiger partial charge < -0.3 is 10.2 Å². The first-order valence-corrected chi connectivity index (χ1v) is 13.9. The van der Waals surface area contributed by atoms with E-state index in [0.717, 1.165) is 28.9 Å². The van der Waals surface area contributed by atoms with Crippen molar-refractivity contribution in [2.45, 2.75) is 50.1 Å². The molecule has 0 saturated heterocycles. The molecule has 0 bridgehead atoms. The minimum atomic E-state index is -0.645. The molecule has 0 radical (unpaired) electrons. The van der Waals surface area contributed by atoms with Crippen LogP contribution in [0.5, 0.6) is 0 Å². The van der Waals surface area contributed by atoms with Gasteiger partial charge in [-0.25, -0.2) is 0 Å². The van der Waals surface area contributed by atoms with Gasteiger partial charge in [0.15, 0.2) is 0 Å². The molecule has 0 heterocycles. The van der Waals surface area contributed by atoms with Crippen LogP contribution in [0.4, 0.5) is 0 Å². The highest BCUT2D eigenvalue weighted by molar-refractivity contribution is 7.99. The number of nitrogens with zero attached hydrogens (tertiary/aromatic N) is 1. The largest absolute Gasteiger partial charge is 0.354 e. The second kappa shape index (κ2) is 14.9. The van der Waals surface area contributed by atoms with Crippen molar-refractivity contribution in [3.8, 4) is 0 Å². The van der Waals surface area contributed by atoms with Gasteiger partial charge >= 0.3 is 0 Å². The summed E-state index contributed by atoms with van der Waals surface area (Å²) in [5.41, 5.74) is 1.82. The lowest BCUT2D eigenvalue weighted by atomic mass is 10.0. The first-order valence-electron chi connectivity index (χ1n) is 12.2. The van der Waals surface area contributed by atoms with Gasteiger partial charge in [-0.15, -0.1) is 11.8 Å². The molecule has 0 fully saturated rings. The third-order valence-corrected chi connectivity index (χ3v) is 7.43. The Hall–Kier alpha value is -2.47. The average molecular weight is 544 g/mol. The Kier molecular flexibility index (Phi) is 11.7. The SMILES string of the molecule is CCCCNC(=O)C(Cc1ccccc1)N(Cc1ccccc1Cl)C(=O)CCSc1ccc(Cl)cc1. The molecule has 4 nitrogen and oxygen atoms in total. The number of carbonyl (C=O) groups is 2. The number of hydrogen-bond acceptors (Lipinski definition) is 3. The summed E-state index contributed by atoms with van der Waals surface area (Å²) in [4.78, 5) is 29.8. The van der Waals surface area contributed by atoms with Gasteiger partial charge in [-0.1, -0.05) is 85.1 Å². The van der Waals surface area contributed by atoms with Gasteiger partial charge in [0.1, 0.15) is 6.04 Å². The Balaban J connectivity index is 1.83. The zero-order chi connectivity index (χ0) is 25.8. The molecule has 36 heavy (non-hydrogen) atoms. The molecule has 0 aliphatic carbocycles. The van der Waals surface area contributed by atoms with Crippen molar-refractivity contribution in [3.05, 3.63) is 100 Å². The lowest BCUT2D eigenvalue weighted by Gasteiger charge is -2.32. The Morgan fingerprint density at radius 1 is 0.944 bits per heavy atom. The second-order valence-electron chi connectivity index (χ2n) is 8.52.